The number of hydrogen-bond acceptors (Lipinski definition) is 26. The summed E-state index contributed by atoms with van der Waals surface area (Å²) >= 11 is 0. The van der Waals surface area contributed by atoms with Crippen LogP contribution in [0.15, 0.2) is 122 Å². The first-order chi connectivity index (χ1) is 50.6. The van der Waals surface area contributed by atoms with Gasteiger partial charge in [0, 0.05) is 70.2 Å². The molecule has 29 nitrogen and oxygen atoms in total. The number of aliphatic carboxylic acids is 1. The van der Waals surface area contributed by atoms with Crippen LogP contribution in [0.25, 0.3) is 0 Å². The normalized spacial score (nSPS) is 18.4. The summed E-state index contributed by atoms with van der Waals surface area (Å²) in [6, 6.07) is 14.1. The van der Waals surface area contributed by atoms with Crippen molar-refractivity contribution in [3.63, 3.8) is 0 Å². The van der Waals surface area contributed by atoms with Gasteiger partial charge in [-0.15, -0.1) is 0 Å². The molecule has 3 atom stereocenters. The molecule has 3 aromatic rings. The van der Waals surface area contributed by atoms with Gasteiger partial charge in [0.15, 0.2) is 12.3 Å². The molecule has 0 saturated heterocycles. The first kappa shape index (κ1) is 92.3. The van der Waals surface area contributed by atoms with E-state index in [1.165, 1.54) is 48.5 Å². The van der Waals surface area contributed by atoms with Gasteiger partial charge in [0.1, 0.15) is 38.4 Å². The molecule has 0 aromatic heterocycles. The predicted octanol–water partition coefficient (Wildman–Crippen LogP) is 3.88. The van der Waals surface area contributed by atoms with Crippen LogP contribution in [-0.2, 0) is 122 Å². The van der Waals surface area contributed by atoms with Crippen molar-refractivity contribution in [2.24, 2.45) is 0 Å². The Morgan fingerprint density at radius 3 is 1.40 bits per heavy atom. The van der Waals surface area contributed by atoms with Crippen molar-refractivity contribution in [3.8, 4) is 5.75 Å². The second-order valence-corrected chi connectivity index (χ2v) is 29.0. The van der Waals surface area contributed by atoms with Gasteiger partial charge in [0.25, 0.3) is 10.1 Å². The Morgan fingerprint density at radius 1 is 0.500 bits per heavy atom. The molecular formula is C73H106NNaO28S3. The Morgan fingerprint density at radius 2 is 0.925 bits per heavy atom. The van der Waals surface area contributed by atoms with Crippen LogP contribution in [0.5, 0.6) is 5.75 Å². The standard InChI is InChI=1S/C73H107NO28S3.Na/c1-72(23-28-91-39-44-99-50-47-94-34-31-86-3)65(64(63-17-15-61(55-66(63)72)104(80,81)82)21-26-89-37-42-97-53-54-98-43-38-90-27-22-70(75)76)18-9-57-7-6-8-58(71(57)102-59-11-13-60(14-12-59)103(77,78)79)10-20-69-73(2,24-29-92-40-45-100-51-48-95-35-32-87-4)67-56-62(105(83,84)85)16-19-68(67)74(69)25-30-93-41-46-101-52-49-96-36-33-88-5;/h9-20,55-56,64H,6-8,21-54H2,1-5H3,(H3-,75,76,77,78,79,80,81,82,83,84,85);/q;+1/p-1/b20-10+,57-9+,65-18-;. The Hall–Kier alpha value is -4.35. The summed E-state index contributed by atoms with van der Waals surface area (Å²) in [5.41, 5.74) is 3.71. The Bertz CT molecular complexity index is 3630. The van der Waals surface area contributed by atoms with Crippen LogP contribution in [0.2, 0.25) is 0 Å². The molecule has 3 unspecified atom stereocenters. The Balaban J connectivity index is 0.0000202. The van der Waals surface area contributed by atoms with Crippen molar-refractivity contribution in [3.05, 3.63) is 124 Å². The summed E-state index contributed by atoms with van der Waals surface area (Å²) in [5.74, 6) is -0.727. The molecule has 0 bridgehead atoms. The summed E-state index contributed by atoms with van der Waals surface area (Å²) in [5, 5.41) is 8.82. The minimum atomic E-state index is -4.93. The first-order valence-corrected chi connectivity index (χ1v) is 39.5. The van der Waals surface area contributed by atoms with Crippen molar-refractivity contribution in [2.45, 2.75) is 90.2 Å². The van der Waals surface area contributed by atoms with Gasteiger partial charge in [-0.25, -0.2) is 16.8 Å². The van der Waals surface area contributed by atoms with Gasteiger partial charge >= 0.3 is 35.5 Å². The minimum absolute atomic E-state index is 0. The zero-order valence-electron chi connectivity index (χ0n) is 62.0. The topological polar surface area (TPSA) is 366 Å². The molecule has 1 aliphatic heterocycles. The summed E-state index contributed by atoms with van der Waals surface area (Å²) in [6.45, 7) is 13.1. The van der Waals surface area contributed by atoms with Crippen LogP contribution in [0.3, 0.4) is 0 Å². The molecule has 0 radical (unpaired) electrons. The van der Waals surface area contributed by atoms with Crippen LogP contribution in [0.4, 0.5) is 5.69 Å². The van der Waals surface area contributed by atoms with Gasteiger partial charge in [-0.3, -0.25) is 9.35 Å². The van der Waals surface area contributed by atoms with E-state index < -0.39 is 62.9 Å². The summed E-state index contributed by atoms with van der Waals surface area (Å²) < 4.78 is 211. The van der Waals surface area contributed by atoms with E-state index >= 15 is 0 Å². The second-order valence-electron chi connectivity index (χ2n) is 24.9. The molecule has 0 amide bonds. The van der Waals surface area contributed by atoms with E-state index in [1.54, 1.807) is 33.5 Å². The SMILES string of the molecule is COCCOCCOCCOCC[N+]1=C(/C=C/C2=C(Oc3ccc(S(=O)(=O)[O-])cc3)C(=C/C=C3/C(CCOCCOCCOCCOCCC(=O)O)c4ccc(S(=O)(=O)[O-])cc4C3(C)CCOCCOCCOCCOC)/CCC2)C(C)(CCOCCOCCOCCOC)c2cc(S(=O)(=O)O)ccc21.[Na+]. The zero-order valence-corrected chi connectivity index (χ0v) is 66.5. The molecule has 0 saturated carbocycles. The number of benzene rings is 3. The molecule has 2 aliphatic carbocycles. The van der Waals surface area contributed by atoms with E-state index in [-0.39, 0.29) is 165 Å². The van der Waals surface area contributed by atoms with E-state index in [0.29, 0.717) is 152 Å². The number of rotatable bonds is 59. The molecule has 590 valence electrons. The Kier molecular flexibility index (Phi) is 43.4. The smallest absolute Gasteiger partial charge is 0.744 e. The van der Waals surface area contributed by atoms with Gasteiger partial charge in [0.05, 0.1) is 192 Å². The maximum Gasteiger partial charge on any atom is 1.00 e. The van der Waals surface area contributed by atoms with Crippen LogP contribution in [-0.4, -0.2) is 280 Å². The number of allylic oxidation sites excluding steroid dienone is 7. The van der Waals surface area contributed by atoms with Crippen molar-refractivity contribution in [2.75, 3.05) is 219 Å². The quantitative estimate of drug-likeness (QED) is 0.0350. The van der Waals surface area contributed by atoms with E-state index in [1.807, 2.05) is 42.7 Å². The third-order valence-corrected chi connectivity index (χ3v) is 20.2. The van der Waals surface area contributed by atoms with Gasteiger partial charge < -0.3 is 94.7 Å². The number of ether oxygens (including phenoxy) is 17. The molecule has 33 heteroatoms. The second kappa shape index (κ2) is 49.8. The van der Waals surface area contributed by atoms with Crippen molar-refractivity contribution >= 4 is 47.7 Å². The number of fused-ring (bicyclic) bond motifs is 2. The fraction of sp³-hybridized carbons (Fsp3) is 0.616. The third kappa shape index (κ3) is 31.4. The van der Waals surface area contributed by atoms with Crippen molar-refractivity contribution < 1.29 is 163 Å². The van der Waals surface area contributed by atoms with E-state index in [9.17, 15) is 43.7 Å². The van der Waals surface area contributed by atoms with Gasteiger partial charge in [-0.05, 0) is 122 Å². The molecule has 3 aromatic carbocycles. The maximum absolute atomic E-state index is 12.9. The monoisotopic (exact) mass is 1560 g/mol. The number of carboxylic acid groups (broad SMARTS) is 1. The van der Waals surface area contributed by atoms with E-state index in [4.69, 9.17) is 85.6 Å². The average Bonchev–Trinajstić information content (AvgIpc) is 1.58. The maximum atomic E-state index is 12.9. The summed E-state index contributed by atoms with van der Waals surface area (Å²) in [7, 11) is -9.68. The Labute approximate surface area is 646 Å². The molecule has 1 heterocycles. The minimum Gasteiger partial charge on any atom is -0.744 e. The van der Waals surface area contributed by atoms with Crippen LogP contribution < -0.4 is 34.3 Å². The number of carbonyl (C=O) groups is 1. The number of carboxylic acids is 1. The fourth-order valence-electron chi connectivity index (χ4n) is 12.2. The molecule has 6 rings (SSSR count). The van der Waals surface area contributed by atoms with E-state index in [0.717, 1.165) is 16.8 Å². The largest absolute Gasteiger partial charge is 1.00 e. The number of hydrogen-bond donors (Lipinski definition) is 2. The molecule has 2 N–H and O–H groups in total. The molecule has 0 fully saturated rings. The summed E-state index contributed by atoms with van der Waals surface area (Å²) in [4.78, 5) is 9.61. The van der Waals surface area contributed by atoms with Gasteiger partial charge in [-0.2, -0.15) is 13.0 Å². The van der Waals surface area contributed by atoms with E-state index in [2.05, 4.69) is 0 Å². The molecular weight excluding hydrogens is 1460 g/mol. The third-order valence-electron chi connectivity index (χ3n) is 17.6. The molecule has 3 aliphatic rings. The van der Waals surface area contributed by atoms with Crippen LogP contribution in [0, 0.1) is 0 Å². The van der Waals surface area contributed by atoms with Gasteiger partial charge in [-0.1, -0.05) is 30.7 Å². The number of nitrogens with zero attached hydrogens (tertiary/aromatic N) is 1. The number of methoxy groups -OCH3 is 3. The fourth-order valence-corrected chi connectivity index (χ4v) is 13.6. The molecule has 0 spiro atoms. The first-order valence-electron chi connectivity index (χ1n) is 35.2. The van der Waals surface area contributed by atoms with Crippen LogP contribution in [0.1, 0.15) is 81.4 Å². The summed E-state index contributed by atoms with van der Waals surface area (Å²) in [6.07, 6.45) is 10.4. The zero-order chi connectivity index (χ0) is 75.8. The van der Waals surface area contributed by atoms with Crippen molar-refractivity contribution in [1.29, 1.82) is 0 Å². The van der Waals surface area contributed by atoms with Crippen molar-refractivity contribution in [1.82, 2.24) is 0 Å². The van der Waals surface area contributed by atoms with Gasteiger partial charge in [0.2, 0.25) is 5.69 Å². The molecule has 106 heavy (non-hydrogen) atoms. The average molecular weight is 1560 g/mol. The van der Waals surface area contributed by atoms with Crippen LogP contribution >= 0.6 is 0 Å². The predicted molar refractivity (Wildman–Crippen MR) is 381 cm³/mol.